The van der Waals surface area contributed by atoms with Crippen LogP contribution in [-0.2, 0) is 34.2 Å². The fraction of sp³-hybridized carbons (Fsp3) is 0.556. The Balaban J connectivity index is 0.00000821. The molecule has 13 nitrogen and oxygen atoms in total. The van der Waals surface area contributed by atoms with E-state index in [4.69, 9.17) is 28.9 Å². The maximum Gasteiger partial charge on any atom is 0.410 e. The first-order valence-electron chi connectivity index (χ1n) is 13.1. The van der Waals surface area contributed by atoms with Gasteiger partial charge in [-0.05, 0) is 42.8 Å². The van der Waals surface area contributed by atoms with Crippen LogP contribution in [0.3, 0.4) is 0 Å². The third-order valence-electron chi connectivity index (χ3n) is 4.46. The van der Waals surface area contributed by atoms with Gasteiger partial charge in [-0.3, -0.25) is 8.98 Å². The van der Waals surface area contributed by atoms with Crippen LogP contribution >= 0.6 is 15.9 Å². The van der Waals surface area contributed by atoms with Gasteiger partial charge < -0.3 is 34.9 Å². The molecule has 1 aromatic heterocycles. The Morgan fingerprint density at radius 2 is 1.71 bits per heavy atom. The molecule has 238 valence electrons. The minimum atomic E-state index is -1.34. The lowest BCUT2D eigenvalue weighted by Gasteiger charge is -2.26. The van der Waals surface area contributed by atoms with Gasteiger partial charge in [-0.1, -0.05) is 27.0 Å². The Morgan fingerprint density at radius 3 is 2.26 bits per heavy atom. The zero-order chi connectivity index (χ0) is 32.3. The van der Waals surface area contributed by atoms with Gasteiger partial charge >= 0.3 is 6.09 Å². The monoisotopic (exact) mass is 677 g/mol. The van der Waals surface area contributed by atoms with Crippen LogP contribution < -0.4 is 11.1 Å². The van der Waals surface area contributed by atoms with Crippen LogP contribution in [0.5, 0.6) is 0 Å². The smallest absolute Gasteiger partial charge is 0.410 e. The van der Waals surface area contributed by atoms with Crippen molar-refractivity contribution in [3.8, 4) is 0 Å². The minimum absolute atomic E-state index is 0.0234. The van der Waals surface area contributed by atoms with Crippen LogP contribution in [0.1, 0.15) is 45.1 Å². The van der Waals surface area contributed by atoms with Crippen molar-refractivity contribution in [3.63, 3.8) is 0 Å². The summed E-state index contributed by atoms with van der Waals surface area (Å²) in [5.41, 5.74) is 5.55. The molecule has 0 spiro atoms. The first-order chi connectivity index (χ1) is 19.7. The number of likely N-dealkylation sites (N-methyl/N-ethyl adjacent to an activating group) is 1. The number of rotatable bonds is 17. The average Bonchev–Trinajstić information content (AvgIpc) is 2.91. The summed E-state index contributed by atoms with van der Waals surface area (Å²) in [6, 6.07) is 0. The summed E-state index contributed by atoms with van der Waals surface area (Å²) in [6.07, 6.45) is 3.61. The van der Waals surface area contributed by atoms with Gasteiger partial charge in [-0.2, -0.15) is 0 Å². The molecule has 42 heavy (non-hydrogen) atoms. The van der Waals surface area contributed by atoms with Crippen molar-refractivity contribution in [1.29, 1.82) is 0 Å². The zero-order valence-corrected chi connectivity index (χ0v) is 27.9. The van der Waals surface area contributed by atoms with Crippen molar-refractivity contribution < 1.29 is 36.9 Å². The average molecular weight is 679 g/mol. The molecule has 0 aliphatic heterocycles. The van der Waals surface area contributed by atoms with Gasteiger partial charge in [0.05, 0.1) is 51.5 Å². The number of carbonyl (C=O) groups excluding carboxylic acids is 2. The lowest BCUT2D eigenvalue weighted by atomic mass is 10.1. The molecule has 0 aromatic carbocycles. The van der Waals surface area contributed by atoms with Crippen LogP contribution in [0.4, 0.5) is 10.6 Å². The number of halogens is 1. The molecule has 0 aliphatic rings. The van der Waals surface area contributed by atoms with Gasteiger partial charge in [-0.25, -0.2) is 19.0 Å². The number of aromatic nitrogens is 2. The number of nitrogens with zero attached hydrogens (tertiary/aromatic N) is 3. The van der Waals surface area contributed by atoms with Gasteiger partial charge in [0.15, 0.2) is 22.6 Å². The van der Waals surface area contributed by atoms with E-state index >= 15 is 0 Å². The molecule has 0 bridgehead atoms. The highest BCUT2D eigenvalue weighted by atomic mass is 79.9. The number of nitrogens with two attached hydrogens (primary N) is 1. The lowest BCUT2D eigenvalue weighted by molar-refractivity contribution is 0.0205. The third kappa shape index (κ3) is 16.6. The first-order valence-corrected chi connectivity index (χ1v) is 15.4. The quantitative estimate of drug-likeness (QED) is 0.140. The molecule has 0 radical (unpaired) electrons. The first kappa shape index (κ1) is 39.1. The Bertz CT molecular complexity index is 1090. The third-order valence-corrected chi connectivity index (χ3v) is 5.34. The molecule has 0 saturated carbocycles. The van der Waals surface area contributed by atoms with E-state index in [-0.39, 0.29) is 62.5 Å². The Hall–Kier alpha value is -2.85. The summed E-state index contributed by atoms with van der Waals surface area (Å²) in [5.74, 6) is -0.551. The molecule has 0 aliphatic carbocycles. The Morgan fingerprint density at radius 1 is 1.14 bits per heavy atom. The van der Waals surface area contributed by atoms with E-state index in [1.165, 1.54) is 23.4 Å². The number of nitrogens with one attached hydrogen (secondary N) is 1. The van der Waals surface area contributed by atoms with Crippen LogP contribution in [-0.4, -0.2) is 96.2 Å². The standard InChI is InChI=1S/C25H38BrN5O8S.C2H6/c1-8-18(29-23(32)20-22(27)28-15-19(26)30-20)21(17(2)16-31(6)24(33)39-25(3,4)5)37-13-11-35-9-10-36-12-14-38-40(7)34;1-2/h8,15H,1-2,9-14,16H2,3-7H3,(H2,27,28)(H,29,32);1-2H3/b21-18-;. The minimum Gasteiger partial charge on any atom is -0.489 e. The van der Waals surface area contributed by atoms with Crippen LogP contribution in [0.25, 0.3) is 0 Å². The number of allylic oxidation sites excluding steroid dienone is 1. The predicted octanol–water partition coefficient (Wildman–Crippen LogP) is 3.76. The number of ether oxygens (including phenoxy) is 4. The molecular weight excluding hydrogens is 634 g/mol. The SMILES string of the molecule is C=C/C(NC(=O)c1nc(Br)cnc1N)=C(/OCCOCCOCCOS(C)=O)C(=C)CN(C)C(=O)OC(C)(C)C.CC. The fourth-order valence-electron chi connectivity index (χ4n) is 2.79. The van der Waals surface area contributed by atoms with Crippen LogP contribution in [0.2, 0.25) is 0 Å². The molecule has 3 N–H and O–H groups in total. The van der Waals surface area contributed by atoms with Gasteiger partial charge in [0.1, 0.15) is 22.6 Å². The van der Waals surface area contributed by atoms with Crippen molar-refractivity contribution in [2.75, 3.05) is 65.2 Å². The van der Waals surface area contributed by atoms with Crippen molar-refractivity contribution >= 4 is 44.8 Å². The van der Waals surface area contributed by atoms with E-state index in [0.29, 0.717) is 16.8 Å². The molecule has 0 saturated heterocycles. The molecule has 0 fully saturated rings. The number of nitrogen functional groups attached to an aromatic ring is 1. The molecule has 1 heterocycles. The molecule has 1 unspecified atom stereocenters. The van der Waals surface area contributed by atoms with Gasteiger partial charge in [0, 0.05) is 18.9 Å². The van der Waals surface area contributed by atoms with Gasteiger partial charge in [0.2, 0.25) is 0 Å². The van der Waals surface area contributed by atoms with E-state index in [0.717, 1.165) is 0 Å². The lowest BCUT2D eigenvalue weighted by Crippen LogP contribution is -2.36. The summed E-state index contributed by atoms with van der Waals surface area (Å²) in [7, 11) is 1.55. The number of amides is 2. The van der Waals surface area contributed by atoms with E-state index in [9.17, 15) is 13.8 Å². The van der Waals surface area contributed by atoms with Crippen molar-refractivity contribution in [2.45, 2.75) is 40.2 Å². The second-order valence-corrected chi connectivity index (χ2v) is 10.9. The fourth-order valence-corrected chi connectivity index (χ4v) is 3.38. The van der Waals surface area contributed by atoms with Gasteiger partial charge in [0.25, 0.3) is 5.91 Å². The van der Waals surface area contributed by atoms with Crippen molar-refractivity contribution in [2.24, 2.45) is 0 Å². The van der Waals surface area contributed by atoms with E-state index in [1.807, 2.05) is 13.8 Å². The number of hydrogen-bond acceptors (Lipinski definition) is 11. The number of anilines is 1. The van der Waals surface area contributed by atoms with Crippen LogP contribution in [0, 0.1) is 0 Å². The second kappa shape index (κ2) is 20.9. The topological polar surface area (TPSA) is 164 Å². The maximum absolute atomic E-state index is 12.9. The number of hydrogen-bond donors (Lipinski definition) is 2. The normalized spacial score (nSPS) is 12.2. The van der Waals surface area contributed by atoms with Gasteiger partial charge in [-0.15, -0.1) is 0 Å². The van der Waals surface area contributed by atoms with Crippen molar-refractivity contribution in [3.05, 3.63) is 52.8 Å². The second-order valence-electron chi connectivity index (χ2n) is 9.06. The zero-order valence-electron chi connectivity index (χ0n) is 25.5. The summed E-state index contributed by atoms with van der Waals surface area (Å²) < 4.78 is 38.2. The molecule has 1 atom stereocenters. The van der Waals surface area contributed by atoms with E-state index < -0.39 is 28.7 Å². The summed E-state index contributed by atoms with van der Waals surface area (Å²) >= 11 is 1.83. The Labute approximate surface area is 259 Å². The highest BCUT2D eigenvalue weighted by Crippen LogP contribution is 2.19. The van der Waals surface area contributed by atoms with E-state index in [2.05, 4.69) is 44.4 Å². The molecule has 15 heteroatoms. The molecule has 1 rings (SSSR count). The van der Waals surface area contributed by atoms with Crippen LogP contribution in [0.15, 0.2) is 47.1 Å². The molecular formula is C27H44BrN5O8S. The number of carbonyl (C=O) groups is 2. The molecule has 1 aromatic rings. The van der Waals surface area contributed by atoms with Crippen molar-refractivity contribution in [1.82, 2.24) is 20.2 Å². The summed E-state index contributed by atoms with van der Waals surface area (Å²) in [5, 5.41) is 2.67. The predicted molar refractivity (Wildman–Crippen MR) is 166 cm³/mol. The molecule has 2 amide bonds. The highest BCUT2D eigenvalue weighted by Gasteiger charge is 2.23. The maximum atomic E-state index is 12.9. The summed E-state index contributed by atoms with van der Waals surface area (Å²) in [4.78, 5) is 34.7. The van der Waals surface area contributed by atoms with E-state index in [1.54, 1.807) is 27.8 Å². The largest absolute Gasteiger partial charge is 0.489 e. The highest BCUT2D eigenvalue weighted by molar-refractivity contribution is 9.10. The summed E-state index contributed by atoms with van der Waals surface area (Å²) in [6.45, 7) is 18.5. The Kier molecular flexibility index (Phi) is 19.5.